The van der Waals surface area contributed by atoms with E-state index in [9.17, 15) is 12.8 Å². The van der Waals surface area contributed by atoms with Crippen LogP contribution in [0, 0.1) is 5.82 Å². The molecule has 2 aromatic rings. The first kappa shape index (κ1) is 20.3. The predicted molar refractivity (Wildman–Crippen MR) is 108 cm³/mol. The minimum absolute atomic E-state index is 0.0224. The van der Waals surface area contributed by atoms with Gasteiger partial charge in [0.05, 0.1) is 0 Å². The van der Waals surface area contributed by atoms with Crippen LogP contribution in [0.5, 0.6) is 5.75 Å². The molecule has 2 saturated heterocycles. The number of benzene rings is 1. The highest BCUT2D eigenvalue weighted by Gasteiger charge is 2.33. The van der Waals surface area contributed by atoms with Gasteiger partial charge in [0, 0.05) is 44.6 Å². The summed E-state index contributed by atoms with van der Waals surface area (Å²) in [6.07, 6.45) is 6.34. The van der Waals surface area contributed by atoms with Crippen LogP contribution in [0.1, 0.15) is 25.7 Å². The van der Waals surface area contributed by atoms with Crippen LogP contribution in [0.2, 0.25) is 0 Å². The molecule has 8 heteroatoms. The highest BCUT2D eigenvalue weighted by molar-refractivity contribution is 7.89. The first-order valence-corrected chi connectivity index (χ1v) is 11.5. The van der Waals surface area contributed by atoms with Gasteiger partial charge in [0.25, 0.3) is 0 Å². The number of halogens is 1. The SMILES string of the molecule is O=S(=O)(c1cccnc1)N1CCC(N2CCC(Oc3ccccc3F)CC2)CC1. The van der Waals surface area contributed by atoms with Crippen molar-refractivity contribution in [2.45, 2.75) is 42.7 Å². The van der Waals surface area contributed by atoms with E-state index in [4.69, 9.17) is 4.74 Å². The second-order valence-electron chi connectivity index (χ2n) is 7.61. The third-order valence-corrected chi connectivity index (χ3v) is 7.70. The Kier molecular flexibility index (Phi) is 6.12. The lowest BCUT2D eigenvalue weighted by Crippen LogP contribution is -2.50. The molecule has 1 aromatic carbocycles. The average Bonchev–Trinajstić information content (AvgIpc) is 2.77. The van der Waals surface area contributed by atoms with E-state index in [0.717, 1.165) is 38.8 Å². The summed E-state index contributed by atoms with van der Waals surface area (Å²) >= 11 is 0. The van der Waals surface area contributed by atoms with Gasteiger partial charge >= 0.3 is 0 Å². The van der Waals surface area contributed by atoms with E-state index in [0.29, 0.717) is 24.9 Å². The smallest absolute Gasteiger partial charge is 0.244 e. The number of aromatic nitrogens is 1. The van der Waals surface area contributed by atoms with Gasteiger partial charge in [-0.3, -0.25) is 4.98 Å². The topological polar surface area (TPSA) is 62.7 Å². The molecule has 3 heterocycles. The molecule has 0 atom stereocenters. The highest BCUT2D eigenvalue weighted by atomic mass is 32.2. The second kappa shape index (κ2) is 8.77. The van der Waals surface area contributed by atoms with E-state index in [2.05, 4.69) is 9.88 Å². The van der Waals surface area contributed by atoms with Gasteiger partial charge in [-0.25, -0.2) is 12.8 Å². The molecule has 0 bridgehead atoms. The lowest BCUT2D eigenvalue weighted by atomic mass is 10.00. The van der Waals surface area contributed by atoms with Crippen LogP contribution >= 0.6 is 0 Å². The number of pyridine rings is 1. The maximum absolute atomic E-state index is 13.8. The zero-order valence-electron chi connectivity index (χ0n) is 16.3. The molecular weight excluding hydrogens is 393 g/mol. The fraction of sp³-hybridized carbons (Fsp3) is 0.476. The van der Waals surface area contributed by atoms with Gasteiger partial charge < -0.3 is 9.64 Å². The lowest BCUT2D eigenvalue weighted by Gasteiger charge is -2.41. The van der Waals surface area contributed by atoms with E-state index in [1.165, 1.54) is 12.3 Å². The average molecular weight is 420 g/mol. The number of hydrogen-bond donors (Lipinski definition) is 0. The molecule has 0 radical (unpaired) electrons. The molecule has 29 heavy (non-hydrogen) atoms. The monoisotopic (exact) mass is 419 g/mol. The Labute approximate surface area is 171 Å². The summed E-state index contributed by atoms with van der Waals surface area (Å²) in [5.74, 6) is -0.00278. The number of para-hydroxylation sites is 1. The molecule has 0 spiro atoms. The molecule has 6 nitrogen and oxygen atoms in total. The van der Waals surface area contributed by atoms with Gasteiger partial charge in [0.15, 0.2) is 11.6 Å². The summed E-state index contributed by atoms with van der Waals surface area (Å²) in [6, 6.07) is 10.1. The Bertz CT molecular complexity index is 910. The molecule has 156 valence electrons. The number of sulfonamides is 1. The van der Waals surface area contributed by atoms with E-state index in [1.807, 2.05) is 0 Å². The molecule has 0 N–H and O–H groups in total. The molecule has 0 aliphatic carbocycles. The Morgan fingerprint density at radius 1 is 0.966 bits per heavy atom. The molecule has 0 unspecified atom stereocenters. The second-order valence-corrected chi connectivity index (χ2v) is 9.55. The summed E-state index contributed by atoms with van der Waals surface area (Å²) in [7, 11) is -3.47. The maximum atomic E-state index is 13.8. The molecule has 0 amide bonds. The van der Waals surface area contributed by atoms with Crippen LogP contribution in [0.4, 0.5) is 4.39 Å². The van der Waals surface area contributed by atoms with Crippen molar-refractivity contribution in [3.63, 3.8) is 0 Å². The van der Waals surface area contributed by atoms with Crippen molar-refractivity contribution < 1.29 is 17.5 Å². The number of likely N-dealkylation sites (tertiary alicyclic amines) is 1. The van der Waals surface area contributed by atoms with Crippen LogP contribution in [-0.4, -0.2) is 60.9 Å². The Morgan fingerprint density at radius 2 is 1.69 bits per heavy atom. The van der Waals surface area contributed by atoms with Crippen LogP contribution < -0.4 is 4.74 Å². The molecule has 4 rings (SSSR count). The van der Waals surface area contributed by atoms with Gasteiger partial charge in [0.1, 0.15) is 11.0 Å². The summed E-state index contributed by atoms with van der Waals surface area (Å²) in [5.41, 5.74) is 0. The normalized spacial score (nSPS) is 20.6. The summed E-state index contributed by atoms with van der Waals surface area (Å²) in [4.78, 5) is 6.61. The number of hydrogen-bond acceptors (Lipinski definition) is 5. The van der Waals surface area contributed by atoms with Crippen molar-refractivity contribution in [2.24, 2.45) is 0 Å². The van der Waals surface area contributed by atoms with Gasteiger partial charge in [-0.1, -0.05) is 12.1 Å². The molecule has 0 saturated carbocycles. The number of ether oxygens (including phenoxy) is 1. The Balaban J connectivity index is 1.28. The minimum Gasteiger partial charge on any atom is -0.487 e. The quantitative estimate of drug-likeness (QED) is 0.746. The molecule has 1 aromatic heterocycles. The predicted octanol–water partition coefficient (Wildman–Crippen LogP) is 2.92. The first-order chi connectivity index (χ1) is 14.0. The van der Waals surface area contributed by atoms with Crippen LogP contribution in [0.15, 0.2) is 53.7 Å². The Morgan fingerprint density at radius 3 is 2.34 bits per heavy atom. The minimum atomic E-state index is -3.47. The number of piperidine rings is 2. The third kappa shape index (κ3) is 4.60. The summed E-state index contributed by atoms with van der Waals surface area (Å²) in [5, 5.41) is 0. The van der Waals surface area contributed by atoms with E-state index in [1.54, 1.807) is 40.8 Å². The molecular formula is C21H26FN3O3S. The highest BCUT2D eigenvalue weighted by Crippen LogP contribution is 2.27. The summed E-state index contributed by atoms with van der Waals surface area (Å²) < 4.78 is 46.7. The van der Waals surface area contributed by atoms with Gasteiger partial charge in [-0.2, -0.15) is 4.31 Å². The summed E-state index contributed by atoms with van der Waals surface area (Å²) in [6.45, 7) is 2.82. The zero-order chi connectivity index (χ0) is 20.3. The van der Waals surface area contributed by atoms with E-state index >= 15 is 0 Å². The van der Waals surface area contributed by atoms with E-state index < -0.39 is 10.0 Å². The Hall–Kier alpha value is -2.03. The standard InChI is InChI=1S/C21H26FN3O3S/c22-20-5-1-2-6-21(20)28-18-9-12-24(13-10-18)17-7-14-25(15-8-17)29(26,27)19-4-3-11-23-16-19/h1-6,11,16-18H,7-10,12-15H2. The number of rotatable bonds is 5. The van der Waals surface area contributed by atoms with Crippen molar-refractivity contribution in [3.8, 4) is 5.75 Å². The van der Waals surface area contributed by atoms with Crippen molar-refractivity contribution in [1.82, 2.24) is 14.2 Å². The fourth-order valence-corrected chi connectivity index (χ4v) is 5.61. The molecule has 2 aliphatic rings. The van der Waals surface area contributed by atoms with Gasteiger partial charge in [0.2, 0.25) is 10.0 Å². The van der Waals surface area contributed by atoms with Crippen molar-refractivity contribution >= 4 is 10.0 Å². The van der Waals surface area contributed by atoms with Crippen LogP contribution in [0.3, 0.4) is 0 Å². The number of nitrogens with zero attached hydrogens (tertiary/aromatic N) is 3. The van der Waals surface area contributed by atoms with Crippen LogP contribution in [-0.2, 0) is 10.0 Å². The zero-order valence-corrected chi connectivity index (χ0v) is 17.1. The van der Waals surface area contributed by atoms with Crippen LogP contribution in [0.25, 0.3) is 0 Å². The maximum Gasteiger partial charge on any atom is 0.244 e. The third-order valence-electron chi connectivity index (χ3n) is 5.82. The van der Waals surface area contributed by atoms with Gasteiger partial charge in [-0.15, -0.1) is 0 Å². The van der Waals surface area contributed by atoms with Crippen molar-refractivity contribution in [2.75, 3.05) is 26.2 Å². The first-order valence-electron chi connectivity index (χ1n) is 10.1. The van der Waals surface area contributed by atoms with Gasteiger partial charge in [-0.05, 0) is 49.9 Å². The fourth-order valence-electron chi connectivity index (χ4n) is 4.18. The van der Waals surface area contributed by atoms with E-state index in [-0.39, 0.29) is 16.8 Å². The van der Waals surface area contributed by atoms with Crippen molar-refractivity contribution in [3.05, 3.63) is 54.6 Å². The lowest BCUT2D eigenvalue weighted by molar-refractivity contribution is 0.0568. The molecule has 2 aliphatic heterocycles. The van der Waals surface area contributed by atoms with Crippen molar-refractivity contribution in [1.29, 1.82) is 0 Å². The largest absolute Gasteiger partial charge is 0.487 e. The molecule has 2 fully saturated rings.